The fraction of sp³-hybridized carbons (Fsp3) is 0.250. The Hall–Kier alpha value is -1.97. The van der Waals surface area contributed by atoms with Crippen LogP contribution in [0, 0.1) is 6.92 Å². The molecule has 16 heavy (non-hydrogen) atoms. The molecular formula is C12H14N2O2. The predicted molar refractivity (Wildman–Crippen MR) is 60.1 cm³/mol. The van der Waals surface area contributed by atoms with Crippen molar-refractivity contribution in [3.8, 4) is 0 Å². The van der Waals surface area contributed by atoms with Crippen LogP contribution in [-0.2, 0) is 0 Å². The molecule has 4 nitrogen and oxygen atoms in total. The first-order valence-electron chi connectivity index (χ1n) is 5.17. The molecule has 0 aliphatic carbocycles. The summed E-state index contributed by atoms with van der Waals surface area (Å²) in [5, 5.41) is 2.85. The van der Waals surface area contributed by atoms with Crippen LogP contribution in [0.4, 0.5) is 0 Å². The average Bonchev–Trinajstić information content (AvgIpc) is 2.87. The van der Waals surface area contributed by atoms with Gasteiger partial charge in [0.15, 0.2) is 0 Å². The Morgan fingerprint density at radius 1 is 1.44 bits per heavy atom. The third kappa shape index (κ3) is 2.16. The molecule has 2 aromatic heterocycles. The maximum absolute atomic E-state index is 11.7. The largest absolute Gasteiger partial charge is 0.464 e. The van der Waals surface area contributed by atoms with E-state index in [1.165, 1.54) is 0 Å². The number of amides is 1. The molecule has 0 aliphatic rings. The van der Waals surface area contributed by atoms with Crippen molar-refractivity contribution in [2.45, 2.75) is 19.9 Å². The van der Waals surface area contributed by atoms with E-state index in [1.54, 1.807) is 18.3 Å². The lowest BCUT2D eigenvalue weighted by atomic mass is 10.2. The SMILES string of the molecule is Cc1ccc(C(C)NC(=O)c2ccc[nH]2)o1. The van der Waals surface area contributed by atoms with Gasteiger partial charge in [-0.05, 0) is 38.1 Å². The number of rotatable bonds is 3. The number of H-pyrrole nitrogens is 1. The van der Waals surface area contributed by atoms with E-state index in [0.29, 0.717) is 5.69 Å². The summed E-state index contributed by atoms with van der Waals surface area (Å²) in [5.74, 6) is 1.47. The molecule has 0 aromatic carbocycles. The summed E-state index contributed by atoms with van der Waals surface area (Å²) < 4.78 is 5.44. The molecular weight excluding hydrogens is 204 g/mol. The van der Waals surface area contributed by atoms with Crippen LogP contribution in [0.25, 0.3) is 0 Å². The summed E-state index contributed by atoms with van der Waals surface area (Å²) in [7, 11) is 0. The summed E-state index contributed by atoms with van der Waals surface area (Å²) in [6.07, 6.45) is 1.72. The quantitative estimate of drug-likeness (QED) is 0.831. The molecule has 2 aromatic rings. The Morgan fingerprint density at radius 3 is 2.81 bits per heavy atom. The Bertz CT molecular complexity index is 471. The van der Waals surface area contributed by atoms with Gasteiger partial charge in [-0.2, -0.15) is 0 Å². The van der Waals surface area contributed by atoms with Crippen molar-refractivity contribution in [1.29, 1.82) is 0 Å². The van der Waals surface area contributed by atoms with Crippen LogP contribution in [0.2, 0.25) is 0 Å². The van der Waals surface area contributed by atoms with E-state index in [-0.39, 0.29) is 11.9 Å². The van der Waals surface area contributed by atoms with Crippen LogP contribution in [-0.4, -0.2) is 10.9 Å². The normalized spacial score (nSPS) is 12.4. The number of hydrogen-bond donors (Lipinski definition) is 2. The average molecular weight is 218 g/mol. The van der Waals surface area contributed by atoms with Crippen LogP contribution in [0.5, 0.6) is 0 Å². The number of nitrogens with one attached hydrogen (secondary N) is 2. The molecule has 0 spiro atoms. The lowest BCUT2D eigenvalue weighted by Crippen LogP contribution is -2.26. The van der Waals surface area contributed by atoms with E-state index in [4.69, 9.17) is 4.42 Å². The lowest BCUT2D eigenvalue weighted by molar-refractivity contribution is 0.0930. The molecule has 4 heteroatoms. The predicted octanol–water partition coefficient (Wildman–Crippen LogP) is 2.41. The molecule has 0 bridgehead atoms. The zero-order valence-corrected chi connectivity index (χ0v) is 9.28. The summed E-state index contributed by atoms with van der Waals surface area (Å²) in [5.41, 5.74) is 0.551. The fourth-order valence-corrected chi connectivity index (χ4v) is 1.50. The second kappa shape index (κ2) is 4.26. The number of carbonyl (C=O) groups is 1. The Kier molecular flexibility index (Phi) is 2.81. The number of carbonyl (C=O) groups excluding carboxylic acids is 1. The zero-order chi connectivity index (χ0) is 11.5. The van der Waals surface area contributed by atoms with E-state index in [0.717, 1.165) is 11.5 Å². The van der Waals surface area contributed by atoms with Crippen molar-refractivity contribution in [2.75, 3.05) is 0 Å². The molecule has 2 heterocycles. The number of furan rings is 1. The highest BCUT2D eigenvalue weighted by molar-refractivity contribution is 5.92. The molecule has 0 radical (unpaired) electrons. The second-order valence-corrected chi connectivity index (χ2v) is 3.73. The van der Waals surface area contributed by atoms with Crippen LogP contribution >= 0.6 is 0 Å². The second-order valence-electron chi connectivity index (χ2n) is 3.73. The van der Waals surface area contributed by atoms with Gasteiger partial charge in [0.25, 0.3) is 5.91 Å². The fourth-order valence-electron chi connectivity index (χ4n) is 1.50. The summed E-state index contributed by atoms with van der Waals surface area (Å²) in [6, 6.07) is 7.14. The van der Waals surface area contributed by atoms with Gasteiger partial charge in [0.2, 0.25) is 0 Å². The van der Waals surface area contributed by atoms with Gasteiger partial charge in [-0.15, -0.1) is 0 Å². The molecule has 84 valence electrons. The Labute approximate surface area is 93.7 Å². The first-order valence-corrected chi connectivity index (χ1v) is 5.17. The molecule has 1 unspecified atom stereocenters. The van der Waals surface area contributed by atoms with E-state index >= 15 is 0 Å². The summed E-state index contributed by atoms with van der Waals surface area (Å²) in [4.78, 5) is 14.6. The van der Waals surface area contributed by atoms with Gasteiger partial charge >= 0.3 is 0 Å². The highest BCUT2D eigenvalue weighted by Gasteiger charge is 2.14. The number of aromatic nitrogens is 1. The maximum atomic E-state index is 11.7. The Morgan fingerprint density at radius 2 is 2.25 bits per heavy atom. The first kappa shape index (κ1) is 10.5. The van der Waals surface area contributed by atoms with Crippen molar-refractivity contribution in [1.82, 2.24) is 10.3 Å². The van der Waals surface area contributed by atoms with Gasteiger partial charge in [-0.3, -0.25) is 4.79 Å². The van der Waals surface area contributed by atoms with Gasteiger partial charge in [-0.25, -0.2) is 0 Å². The van der Waals surface area contributed by atoms with Gasteiger partial charge in [0, 0.05) is 6.20 Å². The molecule has 1 atom stereocenters. The highest BCUT2D eigenvalue weighted by atomic mass is 16.3. The summed E-state index contributed by atoms with van der Waals surface area (Å²) in [6.45, 7) is 3.77. The van der Waals surface area contributed by atoms with Gasteiger partial charge in [0.1, 0.15) is 17.2 Å². The minimum Gasteiger partial charge on any atom is -0.464 e. The van der Waals surface area contributed by atoms with Crippen molar-refractivity contribution in [2.24, 2.45) is 0 Å². The van der Waals surface area contributed by atoms with E-state index in [9.17, 15) is 4.79 Å². The van der Waals surface area contributed by atoms with Crippen molar-refractivity contribution < 1.29 is 9.21 Å². The first-order chi connectivity index (χ1) is 7.66. The topological polar surface area (TPSA) is 58.0 Å². The standard InChI is InChI=1S/C12H14N2O2/c1-8-5-6-11(16-8)9(2)14-12(15)10-4-3-7-13-10/h3-7,9,13H,1-2H3,(H,14,15). The van der Waals surface area contributed by atoms with Crippen LogP contribution in [0.15, 0.2) is 34.9 Å². The molecule has 0 fully saturated rings. The van der Waals surface area contributed by atoms with Crippen LogP contribution < -0.4 is 5.32 Å². The molecule has 0 saturated heterocycles. The molecule has 1 amide bonds. The van der Waals surface area contributed by atoms with Crippen molar-refractivity contribution >= 4 is 5.91 Å². The van der Waals surface area contributed by atoms with Gasteiger partial charge in [-0.1, -0.05) is 0 Å². The third-order valence-electron chi connectivity index (χ3n) is 2.38. The Balaban J connectivity index is 2.03. The third-order valence-corrected chi connectivity index (χ3v) is 2.38. The minimum absolute atomic E-state index is 0.133. The highest BCUT2D eigenvalue weighted by Crippen LogP contribution is 2.15. The smallest absolute Gasteiger partial charge is 0.268 e. The summed E-state index contributed by atoms with van der Waals surface area (Å²) >= 11 is 0. The molecule has 0 aliphatic heterocycles. The van der Waals surface area contributed by atoms with E-state index in [2.05, 4.69) is 10.3 Å². The van der Waals surface area contributed by atoms with Gasteiger partial charge < -0.3 is 14.7 Å². The molecule has 2 rings (SSSR count). The molecule has 2 N–H and O–H groups in total. The van der Waals surface area contributed by atoms with Crippen molar-refractivity contribution in [3.63, 3.8) is 0 Å². The number of hydrogen-bond acceptors (Lipinski definition) is 2. The minimum atomic E-state index is -0.135. The number of aromatic amines is 1. The molecule has 0 saturated carbocycles. The van der Waals surface area contributed by atoms with Gasteiger partial charge in [0.05, 0.1) is 6.04 Å². The lowest BCUT2D eigenvalue weighted by Gasteiger charge is -2.10. The van der Waals surface area contributed by atoms with Crippen molar-refractivity contribution in [3.05, 3.63) is 47.7 Å². The number of aryl methyl sites for hydroxylation is 1. The van der Waals surface area contributed by atoms with Crippen LogP contribution in [0.1, 0.15) is 35.0 Å². The van der Waals surface area contributed by atoms with E-state index < -0.39 is 0 Å². The van der Waals surface area contributed by atoms with E-state index in [1.807, 2.05) is 26.0 Å². The van der Waals surface area contributed by atoms with Crippen LogP contribution in [0.3, 0.4) is 0 Å². The zero-order valence-electron chi connectivity index (χ0n) is 9.28. The monoisotopic (exact) mass is 218 g/mol. The maximum Gasteiger partial charge on any atom is 0.268 e.